The van der Waals surface area contributed by atoms with E-state index in [0.717, 1.165) is 5.56 Å². The maximum absolute atomic E-state index is 14.7. The number of allylic oxidation sites excluding steroid dienone is 1. The summed E-state index contributed by atoms with van der Waals surface area (Å²) in [6.07, 6.45) is 6.06. The number of amides is 1. The Hall–Kier alpha value is -4.06. The highest BCUT2D eigenvalue weighted by atomic mass is 19.1. The zero-order valence-corrected chi connectivity index (χ0v) is 16.5. The second kappa shape index (κ2) is 8.75. The van der Waals surface area contributed by atoms with Gasteiger partial charge in [-0.3, -0.25) is 14.6 Å². The van der Waals surface area contributed by atoms with E-state index < -0.39 is 29.3 Å². The average molecular weight is 414 g/mol. The number of carbonyl (C=O) groups is 2. The fraction of sp³-hybridized carbons (Fsp3) is 0.0800. The van der Waals surface area contributed by atoms with E-state index in [1.54, 1.807) is 36.7 Å². The van der Waals surface area contributed by atoms with E-state index in [9.17, 15) is 19.1 Å². The van der Waals surface area contributed by atoms with Gasteiger partial charge in [0.25, 0.3) is 5.91 Å². The van der Waals surface area contributed by atoms with Crippen LogP contribution in [0.1, 0.15) is 22.7 Å². The van der Waals surface area contributed by atoms with Gasteiger partial charge >= 0.3 is 0 Å². The topological polar surface area (TPSA) is 70.5 Å². The summed E-state index contributed by atoms with van der Waals surface area (Å²) in [7, 11) is 0. The van der Waals surface area contributed by atoms with Crippen LogP contribution in [-0.4, -0.2) is 26.7 Å². The molecule has 0 aliphatic carbocycles. The molecule has 6 heteroatoms. The second-order valence-electron chi connectivity index (χ2n) is 7.09. The molecule has 1 amide bonds. The molecule has 0 radical (unpaired) electrons. The molecular weight excluding hydrogens is 395 g/mol. The summed E-state index contributed by atoms with van der Waals surface area (Å²) in [5, 5.41) is 10.6. The van der Waals surface area contributed by atoms with Gasteiger partial charge in [0.15, 0.2) is 11.5 Å². The molecule has 1 atom stereocenters. The van der Waals surface area contributed by atoms with Gasteiger partial charge in [-0.1, -0.05) is 60.7 Å². The van der Waals surface area contributed by atoms with Crippen molar-refractivity contribution in [1.82, 2.24) is 9.88 Å². The molecule has 0 spiro atoms. The van der Waals surface area contributed by atoms with Crippen molar-refractivity contribution in [2.24, 2.45) is 0 Å². The van der Waals surface area contributed by atoms with E-state index in [1.165, 1.54) is 29.2 Å². The molecule has 154 valence electrons. The first-order valence-electron chi connectivity index (χ1n) is 9.71. The van der Waals surface area contributed by atoms with E-state index in [1.807, 2.05) is 30.3 Å². The van der Waals surface area contributed by atoms with Gasteiger partial charge in [-0.15, -0.1) is 0 Å². The van der Waals surface area contributed by atoms with Gasteiger partial charge in [0, 0.05) is 24.5 Å². The number of aromatic nitrogens is 1. The smallest absolute Gasteiger partial charge is 0.290 e. The Labute approximate surface area is 178 Å². The van der Waals surface area contributed by atoms with Gasteiger partial charge < -0.3 is 10.0 Å². The number of hydrogen-bond acceptors (Lipinski definition) is 4. The summed E-state index contributed by atoms with van der Waals surface area (Å²) in [6.45, 7) is 0.0644. The molecule has 1 unspecified atom stereocenters. The Balaban J connectivity index is 1.74. The fourth-order valence-electron chi connectivity index (χ4n) is 3.60. The molecule has 4 rings (SSSR count). The first-order chi connectivity index (χ1) is 15.1. The van der Waals surface area contributed by atoms with Crippen molar-refractivity contribution < 1.29 is 19.1 Å². The number of aliphatic hydroxyl groups excluding tert-OH is 1. The van der Waals surface area contributed by atoms with Crippen LogP contribution in [-0.2, 0) is 16.1 Å². The van der Waals surface area contributed by atoms with Crippen LogP contribution in [0.5, 0.6) is 0 Å². The number of nitrogens with zero attached hydrogens (tertiary/aromatic N) is 2. The third kappa shape index (κ3) is 4.14. The molecule has 3 aromatic rings. The zero-order chi connectivity index (χ0) is 21.8. The Bertz CT molecular complexity index is 1170. The van der Waals surface area contributed by atoms with Crippen LogP contribution in [0.2, 0.25) is 0 Å². The maximum atomic E-state index is 14.7. The number of hydrogen-bond donors (Lipinski definition) is 1. The third-order valence-corrected chi connectivity index (χ3v) is 5.07. The molecule has 0 saturated carbocycles. The average Bonchev–Trinajstić information content (AvgIpc) is 3.04. The van der Waals surface area contributed by atoms with Gasteiger partial charge in [0.05, 0.1) is 11.6 Å². The number of pyridine rings is 1. The molecule has 1 N–H and O–H groups in total. The highest BCUT2D eigenvalue weighted by molar-refractivity contribution is 6.14. The minimum absolute atomic E-state index is 0.0644. The minimum Gasteiger partial charge on any atom is -0.503 e. The number of rotatable bonds is 6. The standard InChI is InChI=1S/C25H19FN2O3/c26-20-11-5-4-10-19(20)23-22(21(29)13-12-17-7-2-1-3-8-17)24(30)25(31)28(23)16-18-9-6-14-27-15-18/h1-15,23,30H,16H2/b13-12+. The summed E-state index contributed by atoms with van der Waals surface area (Å²) >= 11 is 0. The highest BCUT2D eigenvalue weighted by Gasteiger charge is 2.43. The molecule has 5 nitrogen and oxygen atoms in total. The number of aliphatic hydroxyl groups is 1. The normalized spacial score (nSPS) is 16.4. The van der Waals surface area contributed by atoms with Crippen LogP contribution in [0.15, 0.2) is 96.5 Å². The van der Waals surface area contributed by atoms with Gasteiger partial charge in [0.2, 0.25) is 0 Å². The van der Waals surface area contributed by atoms with Crippen molar-refractivity contribution in [1.29, 1.82) is 0 Å². The quantitative estimate of drug-likeness (QED) is 0.607. The van der Waals surface area contributed by atoms with E-state index in [0.29, 0.717) is 5.56 Å². The summed E-state index contributed by atoms with van der Waals surface area (Å²) in [5.74, 6) is -2.52. The number of benzene rings is 2. The molecule has 0 fully saturated rings. The van der Waals surface area contributed by atoms with Gasteiger partial charge in [0.1, 0.15) is 5.82 Å². The van der Waals surface area contributed by atoms with Crippen molar-refractivity contribution in [3.8, 4) is 0 Å². The molecule has 1 aliphatic rings. The summed E-state index contributed by atoms with van der Waals surface area (Å²) < 4.78 is 14.7. The molecular formula is C25H19FN2O3. The summed E-state index contributed by atoms with van der Waals surface area (Å²) in [5.41, 5.74) is 1.47. The van der Waals surface area contributed by atoms with Crippen molar-refractivity contribution in [2.75, 3.05) is 0 Å². The van der Waals surface area contributed by atoms with Gasteiger partial charge in [-0.2, -0.15) is 0 Å². The Morgan fingerprint density at radius 2 is 1.81 bits per heavy atom. The van der Waals surface area contributed by atoms with Gasteiger partial charge in [-0.25, -0.2) is 4.39 Å². The largest absolute Gasteiger partial charge is 0.503 e. The first kappa shape index (κ1) is 20.2. The van der Waals surface area contributed by atoms with Crippen LogP contribution >= 0.6 is 0 Å². The molecule has 0 bridgehead atoms. The molecule has 1 aliphatic heterocycles. The lowest BCUT2D eigenvalue weighted by Gasteiger charge is -2.26. The van der Waals surface area contributed by atoms with Gasteiger partial charge in [-0.05, 0) is 29.3 Å². The van der Waals surface area contributed by atoms with Crippen molar-refractivity contribution in [3.63, 3.8) is 0 Å². The fourth-order valence-corrected chi connectivity index (χ4v) is 3.60. The predicted molar refractivity (Wildman–Crippen MR) is 114 cm³/mol. The van der Waals surface area contributed by atoms with Crippen molar-refractivity contribution >= 4 is 17.8 Å². The van der Waals surface area contributed by atoms with E-state index in [2.05, 4.69) is 4.98 Å². The lowest BCUT2D eigenvalue weighted by molar-refractivity contribution is -0.130. The lowest BCUT2D eigenvalue weighted by atomic mass is 9.95. The molecule has 2 heterocycles. The summed E-state index contributed by atoms with van der Waals surface area (Å²) in [4.78, 5) is 31.3. The first-order valence-corrected chi connectivity index (χ1v) is 9.71. The van der Waals surface area contributed by atoms with E-state index in [4.69, 9.17) is 0 Å². The van der Waals surface area contributed by atoms with Crippen molar-refractivity contribution in [2.45, 2.75) is 12.6 Å². The van der Waals surface area contributed by atoms with Crippen molar-refractivity contribution in [3.05, 3.63) is 119 Å². The van der Waals surface area contributed by atoms with Crippen LogP contribution in [0.25, 0.3) is 6.08 Å². The number of ketones is 1. The maximum Gasteiger partial charge on any atom is 0.290 e. The monoisotopic (exact) mass is 414 g/mol. The molecule has 0 saturated heterocycles. The van der Waals surface area contributed by atoms with E-state index >= 15 is 0 Å². The Morgan fingerprint density at radius 3 is 2.52 bits per heavy atom. The Kier molecular flexibility index (Phi) is 5.71. The predicted octanol–water partition coefficient (Wildman–Crippen LogP) is 4.40. The highest BCUT2D eigenvalue weighted by Crippen LogP contribution is 2.39. The molecule has 31 heavy (non-hydrogen) atoms. The van der Waals surface area contributed by atoms with E-state index in [-0.39, 0.29) is 17.7 Å². The zero-order valence-electron chi connectivity index (χ0n) is 16.5. The number of carbonyl (C=O) groups excluding carboxylic acids is 2. The Morgan fingerprint density at radius 1 is 1.06 bits per heavy atom. The molecule has 1 aromatic heterocycles. The number of halogens is 1. The van der Waals surface area contributed by atoms with Crippen LogP contribution < -0.4 is 0 Å². The minimum atomic E-state index is -1.05. The van der Waals surface area contributed by atoms with Crippen LogP contribution in [0, 0.1) is 5.82 Å². The summed E-state index contributed by atoms with van der Waals surface area (Å²) in [6, 6.07) is 17.5. The SMILES string of the molecule is O=C(/C=C/c1ccccc1)C1=C(O)C(=O)N(Cc2cccnc2)C1c1ccccc1F. The second-order valence-corrected chi connectivity index (χ2v) is 7.09. The van der Waals surface area contributed by atoms with Crippen LogP contribution in [0.3, 0.4) is 0 Å². The third-order valence-electron chi connectivity index (χ3n) is 5.07. The lowest BCUT2D eigenvalue weighted by Crippen LogP contribution is -2.31. The molecule has 2 aromatic carbocycles. The van der Waals surface area contributed by atoms with Crippen LogP contribution in [0.4, 0.5) is 4.39 Å².